The van der Waals surface area contributed by atoms with Crippen molar-refractivity contribution in [2.45, 2.75) is 57.8 Å². The van der Waals surface area contributed by atoms with Gasteiger partial charge in [-0.2, -0.15) is 0 Å². The summed E-state index contributed by atoms with van der Waals surface area (Å²) in [5, 5.41) is 2.21. The number of ether oxygens (including phenoxy) is 1. The molecule has 0 atom stereocenters. The van der Waals surface area contributed by atoms with E-state index in [0.717, 1.165) is 61.1 Å². The Hall–Kier alpha value is -8.28. The van der Waals surface area contributed by atoms with Gasteiger partial charge in [-0.15, -0.1) is 0 Å². The highest BCUT2D eigenvalue weighted by Gasteiger charge is 2.30. The number of pyridine rings is 1. The number of nitrogens with zero attached hydrogens (tertiary/aromatic N) is 4. The Bertz CT molecular complexity index is 3700. The Kier molecular flexibility index (Phi) is 10.6. The van der Waals surface area contributed by atoms with Gasteiger partial charge in [-0.25, -0.2) is 4.98 Å². The molecular weight excluding hydrogens is 853 g/mol. The van der Waals surface area contributed by atoms with Gasteiger partial charge in [-0.05, 0) is 105 Å². The lowest BCUT2D eigenvalue weighted by Gasteiger charge is -2.32. The number of hydrogen-bond acceptors (Lipinski definition) is 2. The molecule has 0 saturated carbocycles. The van der Waals surface area contributed by atoms with Crippen molar-refractivity contribution in [2.75, 3.05) is 0 Å². The molecule has 0 spiro atoms. The van der Waals surface area contributed by atoms with Crippen LogP contribution in [-0.2, 0) is 16.2 Å². The zero-order valence-corrected chi connectivity index (χ0v) is 40.5. The number of hydrogen-bond donors (Lipinski definition) is 0. The van der Waals surface area contributed by atoms with Crippen LogP contribution in [0.2, 0.25) is 0 Å². The lowest BCUT2D eigenvalue weighted by Crippen LogP contribution is -2.31. The minimum Gasteiger partial charge on any atom is -0.458 e. The van der Waals surface area contributed by atoms with Crippen LogP contribution in [0.4, 0.5) is 0 Å². The first kappa shape index (κ1) is 41.9. The fourth-order valence-electron chi connectivity index (χ4n) is 9.92. The van der Waals surface area contributed by atoms with Gasteiger partial charge in [0.25, 0.3) is 6.33 Å². The highest BCUT2D eigenvalue weighted by Crippen LogP contribution is 2.40. The van der Waals surface area contributed by atoms with E-state index >= 15 is 0 Å². The Labute approximate surface area is 414 Å². The quantitative estimate of drug-likeness (QED) is 0.0904. The third kappa shape index (κ3) is 8.17. The van der Waals surface area contributed by atoms with Crippen molar-refractivity contribution < 1.29 is 12.0 Å². The van der Waals surface area contributed by atoms with Crippen LogP contribution in [0.3, 0.4) is 0 Å². The third-order valence-electron chi connectivity index (χ3n) is 14.4. The molecule has 0 unspecified atom stereocenters. The van der Waals surface area contributed by atoms with Gasteiger partial charge in [0.2, 0.25) is 0 Å². The molecular formula is C65H56N4O. The van der Waals surface area contributed by atoms with Crippen LogP contribution in [0.15, 0.2) is 231 Å². The molecule has 0 saturated heterocycles. The van der Waals surface area contributed by atoms with Gasteiger partial charge in [0, 0.05) is 51.6 Å². The number of aromatic nitrogens is 4. The molecule has 0 amide bonds. The minimum absolute atomic E-state index is 0.00105. The molecule has 5 nitrogen and oxygen atoms in total. The molecule has 0 fully saturated rings. The zero-order chi connectivity index (χ0) is 49.8. The second-order valence-corrected chi connectivity index (χ2v) is 19.9. The molecule has 11 aromatic rings. The second kappa shape index (κ2) is 17.7. The summed E-state index contributed by atoms with van der Waals surface area (Å²) in [6.45, 7) is 13.5. The standard InChI is InChI=1S/C65H56N4O/c1-63(2,48-23-13-8-14-24-48)51-33-34-66-62(42-51)69-60-30-20-19-29-58(60)59-32-31-56(44-61(59)69)70-57-38-47(46-21-11-7-12-22-46)37-54(43-57)67-35-36-68(45-67)55-40-52(64(3,4)49-25-15-9-16-26-49)39-53(41-55)65(5,6)50-27-17-10-18-28-50/h7-44H,1-6H3/i35D,36D. The lowest BCUT2D eigenvalue weighted by atomic mass is 9.73. The summed E-state index contributed by atoms with van der Waals surface area (Å²) < 4.78 is 31.6. The first-order valence-electron chi connectivity index (χ1n) is 25.0. The first-order chi connectivity index (χ1) is 34.8. The number of imidazole rings is 1. The van der Waals surface area contributed by atoms with E-state index in [1.807, 2.05) is 60.8 Å². The summed E-state index contributed by atoms with van der Waals surface area (Å²) in [6, 6.07) is 73.5. The molecule has 0 aliphatic rings. The Balaban J connectivity index is 1.02. The molecule has 11 rings (SSSR count). The van der Waals surface area contributed by atoms with Crippen LogP contribution >= 0.6 is 0 Å². The second-order valence-electron chi connectivity index (χ2n) is 19.9. The van der Waals surface area contributed by atoms with Crippen molar-refractivity contribution in [3.05, 3.63) is 271 Å². The van der Waals surface area contributed by atoms with Crippen LogP contribution < -0.4 is 9.30 Å². The molecule has 0 aliphatic carbocycles. The van der Waals surface area contributed by atoms with E-state index in [1.54, 1.807) is 9.13 Å². The fourth-order valence-corrected chi connectivity index (χ4v) is 9.92. The van der Waals surface area contributed by atoms with E-state index in [9.17, 15) is 2.74 Å². The summed E-state index contributed by atoms with van der Waals surface area (Å²) >= 11 is 0. The van der Waals surface area contributed by atoms with Crippen molar-refractivity contribution in [1.82, 2.24) is 14.1 Å². The molecule has 0 radical (unpaired) electrons. The van der Waals surface area contributed by atoms with Gasteiger partial charge in [0.1, 0.15) is 17.3 Å². The number of para-hydroxylation sites is 1. The van der Waals surface area contributed by atoms with E-state index in [1.165, 1.54) is 16.7 Å². The number of rotatable bonds is 12. The predicted octanol–water partition coefficient (Wildman–Crippen LogP) is 15.5. The first-order valence-corrected chi connectivity index (χ1v) is 24.0. The number of benzene rings is 8. The smallest absolute Gasteiger partial charge is 0.268 e. The van der Waals surface area contributed by atoms with Gasteiger partial charge in [-0.3, -0.25) is 13.7 Å². The zero-order valence-electron chi connectivity index (χ0n) is 42.5. The van der Waals surface area contributed by atoms with Gasteiger partial charge >= 0.3 is 0 Å². The monoisotopic (exact) mass is 910 g/mol. The predicted molar refractivity (Wildman–Crippen MR) is 286 cm³/mol. The molecule has 342 valence electrons. The fraction of sp³-hybridized carbons (Fsp3) is 0.138. The van der Waals surface area contributed by atoms with Gasteiger partial charge in [0.15, 0.2) is 0 Å². The minimum atomic E-state index is -0.374. The van der Waals surface area contributed by atoms with E-state index in [0.29, 0.717) is 17.2 Å². The van der Waals surface area contributed by atoms with Crippen LogP contribution in [-0.4, -0.2) is 14.1 Å². The molecule has 0 N–H and O–H groups in total. The summed E-state index contributed by atoms with van der Waals surface area (Å²) in [5.41, 5.74) is 11.3. The Morgan fingerprint density at radius 3 is 1.66 bits per heavy atom. The molecule has 8 aromatic carbocycles. The van der Waals surface area contributed by atoms with E-state index < -0.39 is 0 Å². The molecule has 70 heavy (non-hydrogen) atoms. The van der Waals surface area contributed by atoms with Gasteiger partial charge in [0.05, 0.1) is 25.1 Å². The summed E-state index contributed by atoms with van der Waals surface area (Å²) in [7, 11) is 0. The summed E-state index contributed by atoms with van der Waals surface area (Å²) in [6.07, 6.45) is 5.40. The normalized spacial score (nSPS) is 12.5. The van der Waals surface area contributed by atoms with Crippen LogP contribution in [0, 0.1) is 6.33 Å². The molecule has 0 bridgehead atoms. The van der Waals surface area contributed by atoms with Crippen LogP contribution in [0.1, 0.15) is 77.7 Å². The van der Waals surface area contributed by atoms with Crippen molar-refractivity contribution in [1.29, 1.82) is 0 Å². The van der Waals surface area contributed by atoms with Crippen molar-refractivity contribution in [3.63, 3.8) is 0 Å². The Morgan fingerprint density at radius 1 is 0.471 bits per heavy atom. The van der Waals surface area contributed by atoms with Crippen molar-refractivity contribution in [3.8, 4) is 39.8 Å². The maximum atomic E-state index is 9.52. The van der Waals surface area contributed by atoms with Gasteiger partial charge in [-0.1, -0.05) is 187 Å². The topological polar surface area (TPSA) is 35.9 Å². The highest BCUT2D eigenvalue weighted by molar-refractivity contribution is 6.09. The van der Waals surface area contributed by atoms with Crippen molar-refractivity contribution >= 4 is 21.8 Å². The molecule has 5 heteroatoms. The summed E-state index contributed by atoms with van der Waals surface area (Å²) in [4.78, 5) is 4.97. The van der Waals surface area contributed by atoms with Crippen LogP contribution in [0.5, 0.6) is 11.5 Å². The lowest BCUT2D eigenvalue weighted by molar-refractivity contribution is -0.599. The number of fused-ring (bicyclic) bond motifs is 3. The van der Waals surface area contributed by atoms with Crippen molar-refractivity contribution in [2.24, 2.45) is 0 Å². The average molecular weight is 911 g/mol. The molecule has 3 aromatic heterocycles. The maximum absolute atomic E-state index is 9.52. The van der Waals surface area contributed by atoms with E-state index in [4.69, 9.17) is 9.72 Å². The third-order valence-corrected chi connectivity index (χ3v) is 14.4. The Morgan fingerprint density at radius 2 is 1.03 bits per heavy atom. The highest BCUT2D eigenvalue weighted by atomic mass is 16.5. The maximum Gasteiger partial charge on any atom is 0.268 e. The summed E-state index contributed by atoms with van der Waals surface area (Å²) in [5.74, 6) is 2.05. The van der Waals surface area contributed by atoms with Crippen LogP contribution in [0.25, 0.3) is 50.1 Å². The van der Waals surface area contributed by atoms with E-state index in [2.05, 4.69) is 210 Å². The molecule has 3 heterocycles. The molecule has 0 aliphatic heterocycles. The largest absolute Gasteiger partial charge is 0.458 e. The van der Waals surface area contributed by atoms with Gasteiger partial charge < -0.3 is 4.74 Å². The van der Waals surface area contributed by atoms with E-state index in [-0.39, 0.29) is 28.6 Å². The SMILES string of the molecule is [2H]c1c([2H])[n+](-c2cc(C(C)(C)c3ccccc3)cc(C(C)(C)c3ccccc3)c2)[c-]n1-c1cc(Oc2ccc3c4ccccc4n(-c4cc(C(C)(C)c5ccccc5)ccn4)c3c2)cc(-c2ccccc2)c1. The average Bonchev–Trinajstić information content (AvgIpc) is 3.91.